The Bertz CT molecular complexity index is 598. The third-order valence-corrected chi connectivity index (χ3v) is 3.61. The van der Waals surface area contributed by atoms with Crippen molar-refractivity contribution in [1.82, 2.24) is 4.98 Å². The summed E-state index contributed by atoms with van der Waals surface area (Å²) in [4.78, 5) is 16.2. The van der Waals surface area contributed by atoms with E-state index in [0.29, 0.717) is 16.4 Å². The summed E-state index contributed by atoms with van der Waals surface area (Å²) in [5.74, 6) is 0.0899. The second-order valence-electron chi connectivity index (χ2n) is 4.17. The molecule has 0 radical (unpaired) electrons. The Morgan fingerprint density at radius 3 is 3.00 bits per heavy atom. The molecular weight excluding hydrogens is 276 g/mol. The molecule has 0 bridgehead atoms. The lowest BCUT2D eigenvalue weighted by Crippen LogP contribution is -2.20. The van der Waals surface area contributed by atoms with Crippen molar-refractivity contribution in [3.63, 3.8) is 0 Å². The smallest absolute Gasteiger partial charge is 0.259 e. The molecule has 0 fully saturated rings. The van der Waals surface area contributed by atoms with E-state index in [1.54, 1.807) is 24.3 Å². The lowest BCUT2D eigenvalue weighted by Gasteiger charge is -2.11. The standard InChI is InChI=1S/C14H16N2O3S/c1-3-10-8-20-14(15-10)16-13(18)12(17)9-5-4-6-11(7-9)19-2/h4-8,12,17H,3H2,1-2H3,(H,15,16,18). The van der Waals surface area contributed by atoms with Gasteiger partial charge in [0, 0.05) is 5.38 Å². The average Bonchev–Trinajstić information content (AvgIpc) is 2.94. The molecule has 1 aromatic heterocycles. The van der Waals surface area contributed by atoms with Crippen molar-refractivity contribution in [2.45, 2.75) is 19.4 Å². The molecule has 6 heteroatoms. The van der Waals surface area contributed by atoms with Gasteiger partial charge in [-0.1, -0.05) is 19.1 Å². The fourth-order valence-corrected chi connectivity index (χ4v) is 2.46. The van der Waals surface area contributed by atoms with Crippen molar-refractivity contribution in [3.8, 4) is 5.75 Å². The summed E-state index contributed by atoms with van der Waals surface area (Å²) >= 11 is 1.34. The van der Waals surface area contributed by atoms with Gasteiger partial charge in [0.15, 0.2) is 11.2 Å². The number of methoxy groups -OCH3 is 1. The highest BCUT2D eigenvalue weighted by molar-refractivity contribution is 7.13. The molecule has 0 aliphatic heterocycles. The molecule has 1 atom stereocenters. The molecule has 0 spiro atoms. The largest absolute Gasteiger partial charge is 0.497 e. The first-order chi connectivity index (χ1) is 9.63. The summed E-state index contributed by atoms with van der Waals surface area (Å²) in [6.45, 7) is 1.99. The zero-order valence-electron chi connectivity index (χ0n) is 11.3. The van der Waals surface area contributed by atoms with Crippen LogP contribution in [0.4, 0.5) is 5.13 Å². The molecule has 1 heterocycles. The van der Waals surface area contributed by atoms with E-state index >= 15 is 0 Å². The zero-order valence-corrected chi connectivity index (χ0v) is 12.1. The number of rotatable bonds is 5. The highest BCUT2D eigenvalue weighted by atomic mass is 32.1. The first kappa shape index (κ1) is 14.5. The molecule has 2 rings (SSSR count). The van der Waals surface area contributed by atoms with Crippen molar-refractivity contribution in [1.29, 1.82) is 0 Å². The molecule has 0 aliphatic rings. The van der Waals surface area contributed by atoms with Gasteiger partial charge in [0.05, 0.1) is 12.8 Å². The fourth-order valence-electron chi connectivity index (χ4n) is 1.66. The van der Waals surface area contributed by atoms with E-state index in [2.05, 4.69) is 10.3 Å². The van der Waals surface area contributed by atoms with Gasteiger partial charge in [-0.25, -0.2) is 4.98 Å². The third-order valence-electron chi connectivity index (χ3n) is 2.80. The first-order valence-electron chi connectivity index (χ1n) is 6.21. The number of benzene rings is 1. The molecule has 1 aromatic carbocycles. The van der Waals surface area contributed by atoms with Crippen molar-refractivity contribution < 1.29 is 14.6 Å². The summed E-state index contributed by atoms with van der Waals surface area (Å²) in [7, 11) is 1.54. The van der Waals surface area contributed by atoms with E-state index in [4.69, 9.17) is 4.74 Å². The number of thiazole rings is 1. The second kappa shape index (κ2) is 6.49. The van der Waals surface area contributed by atoms with Gasteiger partial charge < -0.3 is 9.84 Å². The Hall–Kier alpha value is -1.92. The summed E-state index contributed by atoms with van der Waals surface area (Å²) in [5, 5.41) is 15.0. The van der Waals surface area contributed by atoms with Crippen molar-refractivity contribution in [3.05, 3.63) is 40.9 Å². The number of anilines is 1. The van der Waals surface area contributed by atoms with Gasteiger partial charge in [-0.3, -0.25) is 10.1 Å². The molecule has 0 saturated carbocycles. The zero-order chi connectivity index (χ0) is 14.5. The van der Waals surface area contributed by atoms with E-state index in [1.165, 1.54) is 18.4 Å². The van der Waals surface area contributed by atoms with Gasteiger partial charge in [0.2, 0.25) is 0 Å². The molecule has 2 N–H and O–H groups in total. The number of ether oxygens (including phenoxy) is 1. The number of hydrogen-bond donors (Lipinski definition) is 2. The maximum absolute atomic E-state index is 12.0. The minimum atomic E-state index is -1.25. The van der Waals surface area contributed by atoms with Crippen LogP contribution in [0.25, 0.3) is 0 Å². The number of aliphatic hydroxyl groups is 1. The van der Waals surface area contributed by atoms with Gasteiger partial charge in [-0.05, 0) is 24.1 Å². The lowest BCUT2D eigenvalue weighted by atomic mass is 10.1. The normalized spacial score (nSPS) is 11.9. The average molecular weight is 292 g/mol. The first-order valence-corrected chi connectivity index (χ1v) is 7.09. The van der Waals surface area contributed by atoms with E-state index < -0.39 is 12.0 Å². The van der Waals surface area contributed by atoms with Gasteiger partial charge in [-0.2, -0.15) is 0 Å². The molecule has 1 amide bonds. The predicted octanol–water partition coefficient (Wildman–Crippen LogP) is 2.39. The van der Waals surface area contributed by atoms with Crippen molar-refractivity contribution >= 4 is 22.4 Å². The van der Waals surface area contributed by atoms with Crippen LogP contribution in [0.15, 0.2) is 29.6 Å². The van der Waals surface area contributed by atoms with Crippen LogP contribution >= 0.6 is 11.3 Å². The Labute approximate surface area is 121 Å². The quantitative estimate of drug-likeness (QED) is 0.887. The van der Waals surface area contributed by atoms with Gasteiger partial charge in [0.25, 0.3) is 5.91 Å². The van der Waals surface area contributed by atoms with Crippen LogP contribution in [0.1, 0.15) is 24.3 Å². The third kappa shape index (κ3) is 3.34. The number of aryl methyl sites for hydroxylation is 1. The van der Waals surface area contributed by atoms with Crippen molar-refractivity contribution in [2.75, 3.05) is 12.4 Å². The molecule has 0 saturated heterocycles. The number of carbonyl (C=O) groups excluding carboxylic acids is 1. The van der Waals surface area contributed by atoms with Crippen LogP contribution in [0.2, 0.25) is 0 Å². The number of hydrogen-bond acceptors (Lipinski definition) is 5. The molecular formula is C14H16N2O3S. The molecule has 5 nitrogen and oxygen atoms in total. The van der Waals surface area contributed by atoms with Gasteiger partial charge >= 0.3 is 0 Å². The fraction of sp³-hybridized carbons (Fsp3) is 0.286. The van der Waals surface area contributed by atoms with Crippen LogP contribution in [-0.2, 0) is 11.2 Å². The molecule has 2 aromatic rings. The monoisotopic (exact) mass is 292 g/mol. The summed E-state index contributed by atoms with van der Waals surface area (Å²) in [6.07, 6.45) is -0.441. The number of nitrogens with one attached hydrogen (secondary N) is 1. The SMILES string of the molecule is CCc1csc(NC(=O)C(O)c2cccc(OC)c2)n1. The van der Waals surface area contributed by atoms with Gasteiger partial charge in [-0.15, -0.1) is 11.3 Å². The Kier molecular flexibility index (Phi) is 4.70. The topological polar surface area (TPSA) is 71.5 Å². The minimum absolute atomic E-state index is 0.481. The molecule has 20 heavy (non-hydrogen) atoms. The molecule has 106 valence electrons. The van der Waals surface area contributed by atoms with E-state index in [9.17, 15) is 9.90 Å². The number of aliphatic hydroxyl groups excluding tert-OH is 1. The summed E-state index contributed by atoms with van der Waals surface area (Å²) < 4.78 is 5.07. The Morgan fingerprint density at radius 1 is 1.55 bits per heavy atom. The highest BCUT2D eigenvalue weighted by Crippen LogP contribution is 2.22. The second-order valence-corrected chi connectivity index (χ2v) is 5.02. The van der Waals surface area contributed by atoms with Crippen LogP contribution < -0.4 is 10.1 Å². The predicted molar refractivity (Wildman–Crippen MR) is 78.1 cm³/mol. The molecule has 0 aliphatic carbocycles. The maximum Gasteiger partial charge on any atom is 0.259 e. The van der Waals surface area contributed by atoms with E-state index in [0.717, 1.165) is 12.1 Å². The van der Waals surface area contributed by atoms with Crippen molar-refractivity contribution in [2.24, 2.45) is 0 Å². The number of aromatic nitrogens is 1. The van der Waals surface area contributed by atoms with Gasteiger partial charge in [0.1, 0.15) is 5.75 Å². The van der Waals surface area contributed by atoms with Crippen LogP contribution in [0.5, 0.6) is 5.75 Å². The molecule has 1 unspecified atom stereocenters. The van der Waals surface area contributed by atoms with E-state index in [1.807, 2.05) is 12.3 Å². The lowest BCUT2D eigenvalue weighted by molar-refractivity contribution is -0.124. The van der Waals surface area contributed by atoms with Crippen LogP contribution in [0.3, 0.4) is 0 Å². The maximum atomic E-state index is 12.0. The summed E-state index contributed by atoms with van der Waals surface area (Å²) in [5.41, 5.74) is 1.40. The Morgan fingerprint density at radius 2 is 2.35 bits per heavy atom. The number of carbonyl (C=O) groups is 1. The van der Waals surface area contributed by atoms with Crippen LogP contribution in [-0.4, -0.2) is 23.1 Å². The number of nitrogens with zero attached hydrogens (tertiary/aromatic N) is 1. The summed E-state index contributed by atoms with van der Waals surface area (Å²) in [6, 6.07) is 6.78. The van der Waals surface area contributed by atoms with E-state index in [-0.39, 0.29) is 0 Å². The Balaban J connectivity index is 2.07. The number of amides is 1. The minimum Gasteiger partial charge on any atom is -0.497 e. The van der Waals surface area contributed by atoms with Crippen LogP contribution in [0, 0.1) is 0 Å². The highest BCUT2D eigenvalue weighted by Gasteiger charge is 2.19.